The van der Waals surface area contributed by atoms with Gasteiger partial charge in [-0.2, -0.15) is 0 Å². The van der Waals surface area contributed by atoms with E-state index in [0.29, 0.717) is 0 Å². The van der Waals surface area contributed by atoms with Gasteiger partial charge in [-0.25, -0.2) is 4.98 Å². The summed E-state index contributed by atoms with van der Waals surface area (Å²) in [5.74, 6) is 2.41. The second-order valence-electron chi connectivity index (χ2n) is 6.01. The Morgan fingerprint density at radius 3 is 2.75 bits per heavy atom. The molecule has 5 nitrogen and oxygen atoms in total. The zero-order chi connectivity index (χ0) is 19.5. The lowest BCUT2D eigenvalue weighted by molar-refractivity contribution is 0.416. The van der Waals surface area contributed by atoms with Gasteiger partial charge in [0.2, 0.25) is 0 Å². The van der Waals surface area contributed by atoms with Gasteiger partial charge in [-0.3, -0.25) is 0 Å². The van der Waals surface area contributed by atoms with E-state index in [-0.39, 0.29) is 0 Å². The molecule has 0 aliphatic heterocycles. The molecule has 0 atom stereocenters. The molecular weight excluding hydrogens is 456 g/mol. The molecule has 142 valence electrons. The number of benzene rings is 2. The molecule has 4 aromatic rings. The lowest BCUT2D eigenvalue weighted by Crippen LogP contribution is -1.95. The Hall–Kier alpha value is -2.16. The van der Waals surface area contributed by atoms with Gasteiger partial charge >= 0.3 is 0 Å². The van der Waals surface area contributed by atoms with Gasteiger partial charge in [-0.05, 0) is 18.2 Å². The summed E-state index contributed by atoms with van der Waals surface area (Å²) in [6.07, 6.45) is 0. The molecule has 28 heavy (non-hydrogen) atoms. The highest BCUT2D eigenvalue weighted by Gasteiger charge is 2.14. The molecular formula is C20H17BrN4OS2. The number of halogens is 1. The summed E-state index contributed by atoms with van der Waals surface area (Å²) in [5, 5.41) is 12.6. The number of nitrogens with zero attached hydrogens (tertiary/aromatic N) is 4. The number of hydrogen-bond donors (Lipinski definition) is 0. The van der Waals surface area contributed by atoms with Crippen LogP contribution in [0.1, 0.15) is 5.69 Å². The highest BCUT2D eigenvalue weighted by atomic mass is 79.9. The van der Waals surface area contributed by atoms with E-state index in [1.807, 2.05) is 60.1 Å². The molecule has 0 spiro atoms. The Morgan fingerprint density at radius 1 is 1.14 bits per heavy atom. The number of ether oxygens (including phenoxy) is 1. The van der Waals surface area contributed by atoms with E-state index >= 15 is 0 Å². The Morgan fingerprint density at radius 2 is 1.96 bits per heavy atom. The molecule has 0 unspecified atom stereocenters. The molecule has 4 rings (SSSR count). The minimum absolute atomic E-state index is 0.730. The minimum atomic E-state index is 0.730. The average Bonchev–Trinajstić information content (AvgIpc) is 3.34. The van der Waals surface area contributed by atoms with Crippen molar-refractivity contribution in [3.05, 3.63) is 64.1 Å². The van der Waals surface area contributed by atoms with Crippen LogP contribution in [-0.2, 0) is 12.8 Å². The first-order valence-electron chi connectivity index (χ1n) is 8.51. The van der Waals surface area contributed by atoms with Gasteiger partial charge < -0.3 is 9.30 Å². The Balaban J connectivity index is 1.50. The van der Waals surface area contributed by atoms with Crippen molar-refractivity contribution >= 4 is 39.0 Å². The Bertz CT molecular complexity index is 1090. The van der Waals surface area contributed by atoms with E-state index in [9.17, 15) is 0 Å². The number of methoxy groups -OCH3 is 1. The zero-order valence-corrected chi connectivity index (χ0v) is 18.5. The second kappa shape index (κ2) is 8.46. The summed E-state index contributed by atoms with van der Waals surface area (Å²) in [5.41, 5.74) is 3.06. The van der Waals surface area contributed by atoms with Crippen molar-refractivity contribution in [1.82, 2.24) is 19.7 Å². The third kappa shape index (κ3) is 3.99. The zero-order valence-electron chi connectivity index (χ0n) is 15.3. The van der Waals surface area contributed by atoms with Crippen molar-refractivity contribution in [3.8, 4) is 27.7 Å². The predicted octanol–water partition coefficient (Wildman–Crippen LogP) is 5.67. The SMILES string of the molecule is COc1ccc(Br)cc1-c1nc(CSc2nnc(-c3ccccc3)n2C)cs1. The van der Waals surface area contributed by atoms with E-state index < -0.39 is 0 Å². The average molecular weight is 473 g/mol. The Kier molecular flexibility index (Phi) is 5.79. The normalized spacial score (nSPS) is 11.0. The van der Waals surface area contributed by atoms with Crippen molar-refractivity contribution in [2.75, 3.05) is 7.11 Å². The monoisotopic (exact) mass is 472 g/mol. The van der Waals surface area contributed by atoms with Crippen LogP contribution in [0, 0.1) is 0 Å². The van der Waals surface area contributed by atoms with Crippen LogP contribution >= 0.6 is 39.0 Å². The number of rotatable bonds is 6. The summed E-state index contributed by atoms with van der Waals surface area (Å²) in [4.78, 5) is 4.78. The molecule has 2 aromatic heterocycles. The molecule has 2 aromatic carbocycles. The lowest BCUT2D eigenvalue weighted by Gasteiger charge is -2.06. The summed E-state index contributed by atoms with van der Waals surface area (Å²) in [6.45, 7) is 0. The van der Waals surface area contributed by atoms with E-state index in [1.54, 1.807) is 30.2 Å². The highest BCUT2D eigenvalue weighted by molar-refractivity contribution is 9.10. The second-order valence-corrected chi connectivity index (χ2v) is 8.72. The minimum Gasteiger partial charge on any atom is -0.496 e. The van der Waals surface area contributed by atoms with Crippen molar-refractivity contribution in [3.63, 3.8) is 0 Å². The third-order valence-corrected chi connectivity index (χ3v) is 6.63. The quantitative estimate of drug-likeness (QED) is 0.338. The van der Waals surface area contributed by atoms with Crippen molar-refractivity contribution in [2.45, 2.75) is 10.9 Å². The largest absolute Gasteiger partial charge is 0.496 e. The molecule has 0 bridgehead atoms. The van der Waals surface area contributed by atoms with Crippen LogP contribution in [0.2, 0.25) is 0 Å². The predicted molar refractivity (Wildman–Crippen MR) is 118 cm³/mol. The fourth-order valence-corrected chi connectivity index (χ4v) is 4.87. The van der Waals surface area contributed by atoms with Crippen LogP contribution in [0.25, 0.3) is 22.0 Å². The summed E-state index contributed by atoms with van der Waals surface area (Å²) < 4.78 is 8.49. The topological polar surface area (TPSA) is 52.8 Å². The van der Waals surface area contributed by atoms with Crippen LogP contribution < -0.4 is 4.74 Å². The van der Waals surface area contributed by atoms with Crippen molar-refractivity contribution in [2.24, 2.45) is 7.05 Å². The lowest BCUT2D eigenvalue weighted by atomic mass is 10.2. The van der Waals surface area contributed by atoms with Crippen LogP contribution in [0.15, 0.2) is 63.5 Å². The van der Waals surface area contributed by atoms with Gasteiger partial charge in [-0.1, -0.05) is 58.0 Å². The molecule has 0 N–H and O–H groups in total. The standard InChI is InChI=1S/C20H17BrN4OS2/c1-25-18(13-6-4-3-5-7-13)23-24-20(25)28-12-15-11-27-19(22-15)16-10-14(21)8-9-17(16)26-2/h3-11H,12H2,1-2H3. The maximum absolute atomic E-state index is 5.47. The van der Waals surface area contributed by atoms with E-state index in [4.69, 9.17) is 9.72 Å². The smallest absolute Gasteiger partial charge is 0.191 e. The van der Waals surface area contributed by atoms with E-state index in [1.165, 1.54) is 0 Å². The van der Waals surface area contributed by atoms with Crippen molar-refractivity contribution < 1.29 is 4.74 Å². The van der Waals surface area contributed by atoms with E-state index in [0.717, 1.165) is 48.8 Å². The number of thioether (sulfide) groups is 1. The van der Waals surface area contributed by atoms with Gasteiger partial charge in [0.25, 0.3) is 0 Å². The molecule has 0 aliphatic carbocycles. The van der Waals surface area contributed by atoms with Crippen LogP contribution in [0.5, 0.6) is 5.75 Å². The first-order valence-corrected chi connectivity index (χ1v) is 11.2. The van der Waals surface area contributed by atoms with Crippen LogP contribution in [-0.4, -0.2) is 26.9 Å². The number of thiazole rings is 1. The maximum atomic E-state index is 5.47. The maximum Gasteiger partial charge on any atom is 0.191 e. The van der Waals surface area contributed by atoms with E-state index in [2.05, 4.69) is 31.5 Å². The molecule has 2 heterocycles. The summed E-state index contributed by atoms with van der Waals surface area (Å²) in [6, 6.07) is 16.0. The Labute approximate surface area is 179 Å². The first kappa shape index (κ1) is 19.2. The van der Waals surface area contributed by atoms with Gasteiger partial charge in [0.15, 0.2) is 11.0 Å². The molecule has 0 aliphatic rings. The molecule has 0 radical (unpaired) electrons. The first-order chi connectivity index (χ1) is 13.7. The van der Waals surface area contributed by atoms with Crippen LogP contribution in [0.4, 0.5) is 0 Å². The van der Waals surface area contributed by atoms with Crippen LogP contribution in [0.3, 0.4) is 0 Å². The molecule has 0 saturated heterocycles. The molecule has 0 fully saturated rings. The van der Waals surface area contributed by atoms with Gasteiger partial charge in [0.05, 0.1) is 18.4 Å². The summed E-state index contributed by atoms with van der Waals surface area (Å²) in [7, 11) is 3.67. The molecule has 8 heteroatoms. The van der Waals surface area contributed by atoms with Gasteiger partial charge in [-0.15, -0.1) is 21.5 Å². The molecule has 0 amide bonds. The van der Waals surface area contributed by atoms with Crippen molar-refractivity contribution in [1.29, 1.82) is 0 Å². The number of aromatic nitrogens is 4. The fraction of sp³-hybridized carbons (Fsp3) is 0.150. The molecule has 0 saturated carbocycles. The number of hydrogen-bond acceptors (Lipinski definition) is 6. The fourth-order valence-electron chi connectivity index (χ4n) is 2.76. The summed E-state index contributed by atoms with van der Waals surface area (Å²) >= 11 is 6.76. The van der Waals surface area contributed by atoms with Gasteiger partial charge in [0, 0.05) is 28.2 Å². The van der Waals surface area contributed by atoms with Gasteiger partial charge in [0.1, 0.15) is 10.8 Å². The highest BCUT2D eigenvalue weighted by Crippen LogP contribution is 2.35. The third-order valence-electron chi connectivity index (χ3n) is 4.16.